The Hall–Kier alpha value is -2.18. The van der Waals surface area contributed by atoms with Crippen molar-refractivity contribution >= 4 is 22.8 Å². The van der Waals surface area contributed by atoms with Crippen LogP contribution in [0.2, 0.25) is 0 Å². The first-order valence-electron chi connectivity index (χ1n) is 8.93. The number of nitrogens with zero attached hydrogens (tertiary/aromatic N) is 3. The first-order valence-corrected chi connectivity index (χ1v) is 9.92. The number of nitrogens with one attached hydrogen (secondary N) is 1. The number of carbonyl (C=O) groups excluding carboxylic acids is 1. The molecular weight excluding hydrogens is 344 g/mol. The summed E-state index contributed by atoms with van der Waals surface area (Å²) in [5, 5.41) is 3.72. The third-order valence-corrected chi connectivity index (χ3v) is 6.24. The van der Waals surface area contributed by atoms with Crippen molar-refractivity contribution in [3.05, 3.63) is 66.0 Å². The maximum Gasteiger partial charge on any atom is 0.257 e. The number of hydrogen-bond acceptors (Lipinski definition) is 5. The van der Waals surface area contributed by atoms with Crippen molar-refractivity contribution in [1.29, 1.82) is 0 Å². The first-order chi connectivity index (χ1) is 12.7. The van der Waals surface area contributed by atoms with E-state index in [2.05, 4.69) is 28.2 Å². The van der Waals surface area contributed by atoms with Gasteiger partial charge in [0.25, 0.3) is 5.91 Å². The van der Waals surface area contributed by atoms with E-state index >= 15 is 0 Å². The number of thioether (sulfide) groups is 1. The Morgan fingerprint density at radius 2 is 2.15 bits per heavy atom. The average molecular weight is 366 g/mol. The van der Waals surface area contributed by atoms with Crippen LogP contribution in [0, 0.1) is 5.92 Å². The molecule has 0 aliphatic carbocycles. The van der Waals surface area contributed by atoms with Gasteiger partial charge in [0.2, 0.25) is 0 Å². The van der Waals surface area contributed by atoms with E-state index in [1.165, 1.54) is 0 Å². The molecule has 0 saturated carbocycles. The molecule has 1 fully saturated rings. The largest absolute Gasteiger partial charge is 0.301 e. The van der Waals surface area contributed by atoms with Gasteiger partial charge in [0, 0.05) is 42.7 Å². The van der Waals surface area contributed by atoms with Gasteiger partial charge in [-0.05, 0) is 30.3 Å². The second kappa shape index (κ2) is 7.21. The number of rotatable bonds is 3. The molecule has 1 saturated heterocycles. The highest BCUT2D eigenvalue weighted by Gasteiger charge is 2.50. The lowest BCUT2D eigenvalue weighted by atomic mass is 9.83. The maximum atomic E-state index is 12.5. The molecule has 0 radical (unpaired) electrons. The Morgan fingerprint density at radius 3 is 2.88 bits per heavy atom. The molecule has 3 heterocycles. The Balaban J connectivity index is 1.66. The van der Waals surface area contributed by atoms with Crippen molar-refractivity contribution in [3.63, 3.8) is 0 Å². The molecule has 26 heavy (non-hydrogen) atoms. The topological polar surface area (TPSA) is 57.6 Å². The van der Waals surface area contributed by atoms with Crippen molar-refractivity contribution in [2.24, 2.45) is 10.9 Å². The van der Waals surface area contributed by atoms with E-state index in [1.807, 2.05) is 42.6 Å². The number of likely N-dealkylation sites (tertiary alicyclic amines) is 1. The van der Waals surface area contributed by atoms with E-state index < -0.39 is 0 Å². The number of aliphatic imine (C=N–C) groups is 1. The van der Waals surface area contributed by atoms with Gasteiger partial charge in [-0.2, -0.15) is 0 Å². The summed E-state index contributed by atoms with van der Waals surface area (Å²) in [6, 6.07) is 13.4. The number of benzene rings is 1. The predicted octanol–water partition coefficient (Wildman–Crippen LogP) is 2.76. The minimum absolute atomic E-state index is 0.109. The smallest absolute Gasteiger partial charge is 0.257 e. The minimum atomic E-state index is -0.325. The van der Waals surface area contributed by atoms with Crippen LogP contribution < -0.4 is 5.32 Å². The van der Waals surface area contributed by atoms with E-state index in [9.17, 15) is 4.79 Å². The zero-order valence-corrected chi connectivity index (χ0v) is 15.6. The normalized spacial score (nSPS) is 25.4. The fourth-order valence-electron chi connectivity index (χ4n) is 3.78. The molecule has 1 amide bonds. The molecule has 2 unspecified atom stereocenters. The van der Waals surface area contributed by atoms with Crippen LogP contribution in [0.15, 0.2) is 59.9 Å². The number of amidine groups is 1. The van der Waals surface area contributed by atoms with Crippen LogP contribution in [0.5, 0.6) is 0 Å². The van der Waals surface area contributed by atoms with Gasteiger partial charge in [-0.1, -0.05) is 43.0 Å². The summed E-state index contributed by atoms with van der Waals surface area (Å²) >= 11 is 1.64. The Morgan fingerprint density at radius 1 is 1.31 bits per heavy atom. The van der Waals surface area contributed by atoms with Crippen LogP contribution in [-0.2, 0) is 5.54 Å². The van der Waals surface area contributed by atoms with Crippen molar-refractivity contribution in [1.82, 2.24) is 15.2 Å². The van der Waals surface area contributed by atoms with Gasteiger partial charge in [-0.15, -0.1) is 0 Å². The number of pyridine rings is 1. The van der Waals surface area contributed by atoms with Crippen molar-refractivity contribution in [3.8, 4) is 0 Å². The van der Waals surface area contributed by atoms with Gasteiger partial charge >= 0.3 is 0 Å². The van der Waals surface area contributed by atoms with Gasteiger partial charge in [0.05, 0.1) is 0 Å². The van der Waals surface area contributed by atoms with Gasteiger partial charge in [0.15, 0.2) is 5.17 Å². The molecule has 2 aliphatic rings. The van der Waals surface area contributed by atoms with E-state index in [1.54, 1.807) is 18.0 Å². The third kappa shape index (κ3) is 3.15. The maximum absolute atomic E-state index is 12.5. The zero-order valence-electron chi connectivity index (χ0n) is 14.8. The first kappa shape index (κ1) is 17.2. The number of aromatic nitrogens is 1. The molecule has 5 nitrogen and oxygen atoms in total. The lowest BCUT2D eigenvalue weighted by Gasteiger charge is -2.35. The molecule has 134 valence electrons. The summed E-state index contributed by atoms with van der Waals surface area (Å²) in [7, 11) is 0. The highest BCUT2D eigenvalue weighted by molar-refractivity contribution is 8.13. The summed E-state index contributed by atoms with van der Waals surface area (Å²) < 4.78 is 0. The van der Waals surface area contributed by atoms with Crippen LogP contribution in [0.3, 0.4) is 0 Å². The molecule has 2 atom stereocenters. The van der Waals surface area contributed by atoms with Crippen molar-refractivity contribution in [2.45, 2.75) is 12.5 Å². The molecule has 1 N–H and O–H groups in total. The number of hydrogen-bond donors (Lipinski definition) is 1. The molecule has 0 spiro atoms. The fraction of sp³-hybridized carbons (Fsp3) is 0.350. The number of fused-ring (bicyclic) bond motifs is 1. The van der Waals surface area contributed by atoms with Crippen molar-refractivity contribution < 1.29 is 4.79 Å². The van der Waals surface area contributed by atoms with Crippen LogP contribution in [-0.4, -0.2) is 46.3 Å². The molecule has 1 aromatic carbocycles. The zero-order chi connectivity index (χ0) is 18.0. The van der Waals surface area contributed by atoms with Crippen LogP contribution >= 0.6 is 11.8 Å². The Labute approximate surface area is 157 Å². The molecule has 1 aromatic heterocycles. The van der Waals surface area contributed by atoms with E-state index in [0.717, 1.165) is 31.0 Å². The third-order valence-electron chi connectivity index (χ3n) is 5.21. The minimum Gasteiger partial charge on any atom is -0.301 e. The Kier molecular flexibility index (Phi) is 4.78. The standard InChI is InChI=1S/C20H22N4OS/c1-2-24-12-17-13-26-19(22-18(25)15-7-4-3-5-8-15)23-20(17,14-24)16-9-6-10-21-11-16/h3-11,17H,2,12-14H2,1H3,(H,22,23,25). The number of likely N-dealkylation sites (N-methyl/N-ethyl adjacent to an activating group) is 1. The summed E-state index contributed by atoms with van der Waals surface area (Å²) in [6.07, 6.45) is 3.71. The highest BCUT2D eigenvalue weighted by Crippen LogP contribution is 2.45. The average Bonchev–Trinajstić information content (AvgIpc) is 3.09. The molecule has 0 bridgehead atoms. The summed E-state index contributed by atoms with van der Waals surface area (Å²) in [5.74, 6) is 1.26. The molecule has 6 heteroatoms. The molecule has 2 aliphatic heterocycles. The Bertz CT molecular complexity index is 811. The summed E-state index contributed by atoms with van der Waals surface area (Å²) in [4.78, 5) is 24.4. The molecule has 4 rings (SSSR count). The second-order valence-electron chi connectivity index (χ2n) is 6.74. The predicted molar refractivity (Wildman–Crippen MR) is 105 cm³/mol. The lowest BCUT2D eigenvalue weighted by molar-refractivity contribution is 0.0977. The van der Waals surface area contributed by atoms with Crippen LogP contribution in [0.4, 0.5) is 0 Å². The fourth-order valence-corrected chi connectivity index (χ4v) is 4.91. The monoisotopic (exact) mass is 366 g/mol. The van der Waals surface area contributed by atoms with Crippen LogP contribution in [0.25, 0.3) is 0 Å². The van der Waals surface area contributed by atoms with E-state index in [0.29, 0.717) is 16.6 Å². The summed E-state index contributed by atoms with van der Waals surface area (Å²) in [6.45, 7) is 5.08. The quantitative estimate of drug-likeness (QED) is 0.907. The SMILES string of the molecule is CCN1CC2CSC(NC(=O)c3ccccc3)=NC2(c2cccnc2)C1. The van der Waals surface area contributed by atoms with E-state index in [4.69, 9.17) is 4.99 Å². The molecular formula is C20H22N4OS. The number of carbonyl (C=O) groups is 1. The highest BCUT2D eigenvalue weighted by atomic mass is 32.2. The summed E-state index contributed by atoms with van der Waals surface area (Å²) in [5.41, 5.74) is 1.46. The van der Waals surface area contributed by atoms with Gasteiger partial charge in [-0.3, -0.25) is 9.78 Å². The van der Waals surface area contributed by atoms with Crippen LogP contribution in [0.1, 0.15) is 22.8 Å². The molecule has 2 aromatic rings. The van der Waals surface area contributed by atoms with Crippen molar-refractivity contribution in [2.75, 3.05) is 25.4 Å². The number of amides is 1. The second-order valence-corrected chi connectivity index (χ2v) is 7.75. The van der Waals surface area contributed by atoms with E-state index in [-0.39, 0.29) is 11.4 Å². The lowest BCUT2D eigenvalue weighted by Crippen LogP contribution is -2.42. The van der Waals surface area contributed by atoms with Gasteiger partial charge < -0.3 is 10.2 Å². The van der Waals surface area contributed by atoms with Gasteiger partial charge in [-0.25, -0.2) is 4.99 Å². The van der Waals surface area contributed by atoms with Gasteiger partial charge in [0.1, 0.15) is 5.54 Å².